The third kappa shape index (κ3) is 3.68. The summed E-state index contributed by atoms with van der Waals surface area (Å²) in [6.07, 6.45) is 0. The van der Waals surface area contributed by atoms with Crippen LogP contribution in [0, 0.1) is 0 Å². The van der Waals surface area contributed by atoms with Crippen LogP contribution in [-0.2, 0) is 0 Å². The number of carbonyl (C=O) groups excluding carboxylic acids is 2. The number of hydrogen-bond donors (Lipinski definition) is 2. The molecular formula is C15H16N2O2S. The van der Waals surface area contributed by atoms with Crippen LogP contribution in [0.4, 0.5) is 10.5 Å². The lowest BCUT2D eigenvalue weighted by molar-refractivity contribution is 0.101. The fraction of sp³-hybridized carbons (Fsp3) is 0.200. The molecule has 0 saturated carbocycles. The third-order valence-electron chi connectivity index (χ3n) is 2.94. The Morgan fingerprint density at radius 1 is 1.15 bits per heavy atom. The Morgan fingerprint density at radius 3 is 2.40 bits per heavy atom. The topological polar surface area (TPSA) is 58.2 Å². The number of ketones is 1. The second-order valence-electron chi connectivity index (χ2n) is 4.51. The molecule has 0 bridgehead atoms. The average molecular weight is 288 g/mol. The van der Waals surface area contributed by atoms with E-state index in [1.807, 2.05) is 23.8 Å². The van der Waals surface area contributed by atoms with E-state index < -0.39 is 0 Å². The molecule has 20 heavy (non-hydrogen) atoms. The van der Waals surface area contributed by atoms with Crippen molar-refractivity contribution in [1.29, 1.82) is 0 Å². The summed E-state index contributed by atoms with van der Waals surface area (Å²) in [5, 5.41) is 9.59. The summed E-state index contributed by atoms with van der Waals surface area (Å²) >= 11 is 1.60. The minimum Gasteiger partial charge on any atom is -0.331 e. The first-order valence-corrected chi connectivity index (χ1v) is 7.21. The smallest absolute Gasteiger partial charge is 0.319 e. The van der Waals surface area contributed by atoms with Gasteiger partial charge in [0, 0.05) is 11.3 Å². The largest absolute Gasteiger partial charge is 0.331 e. The van der Waals surface area contributed by atoms with Gasteiger partial charge in [0.1, 0.15) is 0 Å². The van der Waals surface area contributed by atoms with Gasteiger partial charge in [0.15, 0.2) is 5.78 Å². The van der Waals surface area contributed by atoms with Crippen LogP contribution in [0.15, 0.2) is 41.1 Å². The molecule has 104 valence electrons. The Morgan fingerprint density at radius 2 is 1.85 bits per heavy atom. The number of amides is 2. The number of anilines is 1. The molecule has 0 aliphatic carbocycles. The van der Waals surface area contributed by atoms with Crippen molar-refractivity contribution in [2.24, 2.45) is 0 Å². The van der Waals surface area contributed by atoms with Gasteiger partial charge in [-0.15, -0.1) is 0 Å². The van der Waals surface area contributed by atoms with Gasteiger partial charge in [0.2, 0.25) is 0 Å². The average Bonchev–Trinajstić information content (AvgIpc) is 2.93. The second-order valence-corrected chi connectivity index (χ2v) is 5.29. The number of nitrogens with one attached hydrogen (secondary N) is 2. The van der Waals surface area contributed by atoms with Gasteiger partial charge in [-0.25, -0.2) is 4.79 Å². The fourth-order valence-electron chi connectivity index (χ4n) is 1.76. The molecule has 0 aliphatic rings. The van der Waals surface area contributed by atoms with Gasteiger partial charge in [-0.1, -0.05) is 0 Å². The zero-order valence-electron chi connectivity index (χ0n) is 11.3. The highest BCUT2D eigenvalue weighted by molar-refractivity contribution is 7.07. The zero-order valence-corrected chi connectivity index (χ0v) is 12.2. The summed E-state index contributed by atoms with van der Waals surface area (Å²) in [5.41, 5.74) is 2.37. The zero-order chi connectivity index (χ0) is 14.5. The van der Waals surface area contributed by atoms with Crippen LogP contribution in [0.3, 0.4) is 0 Å². The molecule has 1 aromatic carbocycles. The molecule has 2 rings (SSSR count). The molecule has 0 radical (unpaired) electrons. The van der Waals surface area contributed by atoms with Gasteiger partial charge >= 0.3 is 6.03 Å². The molecule has 4 nitrogen and oxygen atoms in total. The van der Waals surface area contributed by atoms with Crippen LogP contribution in [-0.4, -0.2) is 11.8 Å². The van der Waals surface area contributed by atoms with Crippen molar-refractivity contribution in [1.82, 2.24) is 5.32 Å². The van der Waals surface area contributed by atoms with Crippen LogP contribution in [0.5, 0.6) is 0 Å². The van der Waals surface area contributed by atoms with Crippen molar-refractivity contribution in [3.05, 3.63) is 52.2 Å². The predicted molar refractivity (Wildman–Crippen MR) is 81.3 cm³/mol. The molecule has 0 fully saturated rings. The molecule has 1 aromatic heterocycles. The molecule has 1 atom stereocenters. The molecule has 1 heterocycles. The highest BCUT2D eigenvalue weighted by Crippen LogP contribution is 2.16. The lowest BCUT2D eigenvalue weighted by Gasteiger charge is -2.13. The van der Waals surface area contributed by atoms with Crippen LogP contribution in [0.1, 0.15) is 35.8 Å². The number of carbonyl (C=O) groups is 2. The number of urea groups is 1. The van der Waals surface area contributed by atoms with E-state index in [9.17, 15) is 9.59 Å². The van der Waals surface area contributed by atoms with E-state index in [1.54, 1.807) is 35.6 Å². The highest BCUT2D eigenvalue weighted by Gasteiger charge is 2.09. The minimum atomic E-state index is -0.265. The van der Waals surface area contributed by atoms with Gasteiger partial charge in [-0.05, 0) is 60.5 Å². The van der Waals surface area contributed by atoms with E-state index in [0.29, 0.717) is 11.3 Å². The van der Waals surface area contributed by atoms with Crippen molar-refractivity contribution in [3.8, 4) is 0 Å². The Kier molecular flexibility index (Phi) is 4.53. The van der Waals surface area contributed by atoms with Crippen molar-refractivity contribution in [2.45, 2.75) is 19.9 Å². The van der Waals surface area contributed by atoms with E-state index in [1.165, 1.54) is 6.92 Å². The van der Waals surface area contributed by atoms with Crippen molar-refractivity contribution in [2.75, 3.05) is 5.32 Å². The Hall–Kier alpha value is -2.14. The first-order valence-electron chi connectivity index (χ1n) is 6.27. The molecule has 0 aliphatic heterocycles. The minimum absolute atomic E-state index is 0.00656. The standard InChI is InChI=1S/C15H16N2O2S/c1-10(13-7-8-20-9-13)16-15(19)17-14-5-3-12(4-6-14)11(2)18/h3-10H,1-2H3,(H2,16,17,19). The van der Waals surface area contributed by atoms with Crippen molar-refractivity contribution < 1.29 is 9.59 Å². The summed E-state index contributed by atoms with van der Waals surface area (Å²) in [6, 6.07) is 8.49. The number of thiophene rings is 1. The van der Waals surface area contributed by atoms with E-state index in [-0.39, 0.29) is 17.9 Å². The van der Waals surface area contributed by atoms with E-state index in [4.69, 9.17) is 0 Å². The van der Waals surface area contributed by atoms with Crippen LogP contribution >= 0.6 is 11.3 Å². The summed E-state index contributed by atoms with van der Waals surface area (Å²) in [6.45, 7) is 3.44. The monoisotopic (exact) mass is 288 g/mol. The van der Waals surface area contributed by atoms with Gasteiger partial charge in [0.05, 0.1) is 6.04 Å². The Bertz CT molecular complexity index is 591. The van der Waals surface area contributed by atoms with E-state index in [2.05, 4.69) is 10.6 Å². The quantitative estimate of drug-likeness (QED) is 0.840. The lowest BCUT2D eigenvalue weighted by atomic mass is 10.1. The SMILES string of the molecule is CC(=O)c1ccc(NC(=O)NC(C)c2ccsc2)cc1. The number of Topliss-reactive ketones (excluding diaryl/α,β-unsaturated/α-hetero) is 1. The maximum Gasteiger partial charge on any atom is 0.319 e. The number of rotatable bonds is 4. The Balaban J connectivity index is 1.92. The van der Waals surface area contributed by atoms with Gasteiger partial charge in [0.25, 0.3) is 0 Å². The summed E-state index contributed by atoms with van der Waals surface area (Å²) in [7, 11) is 0. The van der Waals surface area contributed by atoms with Crippen LogP contribution < -0.4 is 10.6 Å². The third-order valence-corrected chi connectivity index (χ3v) is 3.64. The maximum atomic E-state index is 11.9. The van der Waals surface area contributed by atoms with E-state index in [0.717, 1.165) is 5.56 Å². The molecule has 5 heteroatoms. The number of hydrogen-bond acceptors (Lipinski definition) is 3. The maximum absolute atomic E-state index is 11.9. The molecule has 0 saturated heterocycles. The molecule has 2 N–H and O–H groups in total. The highest BCUT2D eigenvalue weighted by atomic mass is 32.1. The van der Waals surface area contributed by atoms with Crippen LogP contribution in [0.25, 0.3) is 0 Å². The Labute approximate surface area is 121 Å². The van der Waals surface area contributed by atoms with Gasteiger partial charge < -0.3 is 10.6 Å². The number of benzene rings is 1. The lowest BCUT2D eigenvalue weighted by Crippen LogP contribution is -2.30. The summed E-state index contributed by atoms with van der Waals surface area (Å²) in [5.74, 6) is 0.00656. The molecule has 1 unspecified atom stereocenters. The molecule has 0 spiro atoms. The van der Waals surface area contributed by atoms with Gasteiger partial charge in [-0.3, -0.25) is 4.79 Å². The summed E-state index contributed by atoms with van der Waals surface area (Å²) in [4.78, 5) is 23.0. The first-order chi connectivity index (χ1) is 9.56. The van der Waals surface area contributed by atoms with Crippen molar-refractivity contribution in [3.63, 3.8) is 0 Å². The molecule has 2 amide bonds. The summed E-state index contributed by atoms with van der Waals surface area (Å²) < 4.78 is 0. The molecular weight excluding hydrogens is 272 g/mol. The second kappa shape index (κ2) is 6.34. The van der Waals surface area contributed by atoms with E-state index >= 15 is 0 Å². The molecule has 2 aromatic rings. The van der Waals surface area contributed by atoms with Gasteiger partial charge in [-0.2, -0.15) is 11.3 Å². The fourth-order valence-corrected chi connectivity index (χ4v) is 2.51. The first kappa shape index (κ1) is 14.3. The normalized spacial score (nSPS) is 11.7. The van der Waals surface area contributed by atoms with Crippen LogP contribution in [0.2, 0.25) is 0 Å². The predicted octanol–water partition coefficient (Wildman–Crippen LogP) is 3.83. The van der Waals surface area contributed by atoms with Crippen molar-refractivity contribution >= 4 is 28.8 Å².